The van der Waals surface area contributed by atoms with Crippen molar-refractivity contribution in [3.63, 3.8) is 0 Å². The summed E-state index contributed by atoms with van der Waals surface area (Å²) < 4.78 is 5.19. The molecule has 0 spiro atoms. The molecule has 0 aromatic heterocycles. The highest BCUT2D eigenvalue weighted by atomic mass is 35.5. The third-order valence-electron chi connectivity index (χ3n) is 3.09. The van der Waals surface area contributed by atoms with Gasteiger partial charge in [0.25, 0.3) is 0 Å². The van der Waals surface area contributed by atoms with Crippen LogP contribution in [0.1, 0.15) is 43.5 Å². The largest absolute Gasteiger partial charge is 0.496 e. The van der Waals surface area contributed by atoms with E-state index in [1.165, 1.54) is 0 Å². The van der Waals surface area contributed by atoms with Gasteiger partial charge in [0.2, 0.25) is 0 Å². The monoisotopic (exact) mass is 254 g/mol. The summed E-state index contributed by atoms with van der Waals surface area (Å²) in [5.41, 5.74) is 0.629. The number of methoxy groups -OCH3 is 1. The molecule has 2 nitrogen and oxygen atoms in total. The zero-order valence-electron chi connectivity index (χ0n) is 10.6. The molecule has 0 aliphatic heterocycles. The highest BCUT2D eigenvalue weighted by Crippen LogP contribution is 2.26. The van der Waals surface area contributed by atoms with E-state index in [2.05, 4.69) is 13.8 Å². The van der Waals surface area contributed by atoms with E-state index in [1.807, 2.05) is 0 Å². The van der Waals surface area contributed by atoms with Gasteiger partial charge in [-0.05, 0) is 24.1 Å². The van der Waals surface area contributed by atoms with E-state index < -0.39 is 0 Å². The van der Waals surface area contributed by atoms with Crippen molar-refractivity contribution in [2.75, 3.05) is 7.11 Å². The lowest BCUT2D eigenvalue weighted by Crippen LogP contribution is -2.08. The lowest BCUT2D eigenvalue weighted by Gasteiger charge is -2.13. The van der Waals surface area contributed by atoms with Crippen molar-refractivity contribution in [2.45, 2.75) is 33.1 Å². The second kappa shape index (κ2) is 6.65. The number of halogens is 1. The van der Waals surface area contributed by atoms with Gasteiger partial charge in [-0.15, -0.1) is 0 Å². The zero-order valence-corrected chi connectivity index (χ0v) is 11.4. The molecule has 94 valence electrons. The Bertz CT molecular complexity index is 384. The van der Waals surface area contributed by atoms with E-state index in [0.717, 1.165) is 12.8 Å². The van der Waals surface area contributed by atoms with Gasteiger partial charge in [0.1, 0.15) is 5.75 Å². The maximum absolute atomic E-state index is 12.1. The Labute approximate surface area is 108 Å². The highest BCUT2D eigenvalue weighted by molar-refractivity contribution is 6.30. The van der Waals surface area contributed by atoms with Crippen LogP contribution in [0.3, 0.4) is 0 Å². The van der Waals surface area contributed by atoms with Crippen LogP contribution < -0.4 is 4.74 Å². The summed E-state index contributed by atoms with van der Waals surface area (Å²) in [5, 5.41) is 0.584. The fourth-order valence-corrected chi connectivity index (χ4v) is 2.01. The minimum absolute atomic E-state index is 0.132. The summed E-state index contributed by atoms with van der Waals surface area (Å²) >= 11 is 5.87. The van der Waals surface area contributed by atoms with Crippen molar-refractivity contribution in [1.82, 2.24) is 0 Å². The van der Waals surface area contributed by atoms with Crippen molar-refractivity contribution in [2.24, 2.45) is 5.92 Å². The number of carbonyl (C=O) groups is 1. The third-order valence-corrected chi connectivity index (χ3v) is 3.33. The number of hydrogen-bond donors (Lipinski definition) is 0. The summed E-state index contributed by atoms with van der Waals surface area (Å²) in [6.07, 6.45) is 2.63. The Morgan fingerprint density at radius 1 is 1.35 bits per heavy atom. The Balaban J connectivity index is 2.88. The van der Waals surface area contributed by atoms with Crippen molar-refractivity contribution >= 4 is 17.4 Å². The fraction of sp³-hybridized carbons (Fsp3) is 0.500. The van der Waals surface area contributed by atoms with Gasteiger partial charge >= 0.3 is 0 Å². The van der Waals surface area contributed by atoms with E-state index in [4.69, 9.17) is 16.3 Å². The molecule has 0 N–H and O–H groups in total. The maximum atomic E-state index is 12.1. The highest BCUT2D eigenvalue weighted by Gasteiger charge is 2.16. The molecule has 0 amide bonds. The lowest BCUT2D eigenvalue weighted by molar-refractivity contribution is 0.0956. The van der Waals surface area contributed by atoms with Crippen LogP contribution in [-0.4, -0.2) is 12.9 Å². The minimum atomic E-state index is 0.132. The van der Waals surface area contributed by atoms with Gasteiger partial charge in [-0.3, -0.25) is 4.79 Å². The number of hydrogen-bond acceptors (Lipinski definition) is 2. The van der Waals surface area contributed by atoms with Crippen LogP contribution in [0, 0.1) is 5.92 Å². The molecule has 0 saturated heterocycles. The third kappa shape index (κ3) is 3.74. The average Bonchev–Trinajstić information content (AvgIpc) is 2.35. The molecule has 0 bridgehead atoms. The van der Waals surface area contributed by atoms with Gasteiger partial charge in [0.05, 0.1) is 12.7 Å². The molecule has 0 aliphatic carbocycles. The van der Waals surface area contributed by atoms with E-state index in [-0.39, 0.29) is 5.78 Å². The molecule has 1 aromatic rings. The van der Waals surface area contributed by atoms with E-state index >= 15 is 0 Å². The predicted molar refractivity (Wildman–Crippen MR) is 71.0 cm³/mol. The average molecular weight is 255 g/mol. The number of Topliss-reactive ketones (excluding diaryl/α,β-unsaturated/α-hetero) is 1. The second-order valence-electron chi connectivity index (χ2n) is 4.15. The molecule has 0 aliphatic rings. The van der Waals surface area contributed by atoms with Gasteiger partial charge in [-0.1, -0.05) is 38.3 Å². The number of ether oxygens (including phenoxy) is 1. The summed E-state index contributed by atoms with van der Waals surface area (Å²) in [6.45, 7) is 4.22. The Hall–Kier alpha value is -1.02. The Morgan fingerprint density at radius 3 is 2.53 bits per heavy atom. The first-order valence-corrected chi connectivity index (χ1v) is 6.36. The zero-order chi connectivity index (χ0) is 12.8. The summed E-state index contributed by atoms with van der Waals surface area (Å²) in [5.74, 6) is 1.14. The van der Waals surface area contributed by atoms with E-state index in [9.17, 15) is 4.79 Å². The Morgan fingerprint density at radius 2 is 2.00 bits per heavy atom. The predicted octanol–water partition coefficient (Wildman–Crippen LogP) is 4.36. The van der Waals surface area contributed by atoms with Crippen LogP contribution in [0.2, 0.25) is 5.02 Å². The number of carbonyl (C=O) groups excluding carboxylic acids is 1. The summed E-state index contributed by atoms with van der Waals surface area (Å²) in [4.78, 5) is 12.1. The first-order valence-electron chi connectivity index (χ1n) is 5.99. The number of ketones is 1. The Kier molecular flexibility index (Phi) is 5.49. The molecule has 1 aromatic carbocycles. The second-order valence-corrected chi connectivity index (χ2v) is 4.59. The van der Waals surface area contributed by atoms with Crippen molar-refractivity contribution < 1.29 is 9.53 Å². The molecule has 3 heteroatoms. The fourth-order valence-electron chi connectivity index (χ4n) is 1.84. The first kappa shape index (κ1) is 14.0. The lowest BCUT2D eigenvalue weighted by atomic mass is 9.94. The summed E-state index contributed by atoms with van der Waals surface area (Å²) in [7, 11) is 1.56. The van der Waals surface area contributed by atoms with Gasteiger partial charge in [-0.2, -0.15) is 0 Å². The van der Waals surface area contributed by atoms with Gasteiger partial charge in [-0.25, -0.2) is 0 Å². The number of benzene rings is 1. The molecular weight excluding hydrogens is 236 g/mol. The van der Waals surface area contributed by atoms with E-state index in [1.54, 1.807) is 25.3 Å². The van der Waals surface area contributed by atoms with Crippen molar-refractivity contribution in [3.05, 3.63) is 28.8 Å². The van der Waals surface area contributed by atoms with Crippen molar-refractivity contribution in [1.29, 1.82) is 0 Å². The quantitative estimate of drug-likeness (QED) is 0.705. The molecule has 0 unspecified atom stereocenters. The summed E-state index contributed by atoms with van der Waals surface area (Å²) in [6, 6.07) is 5.15. The van der Waals surface area contributed by atoms with Crippen LogP contribution in [0.5, 0.6) is 5.75 Å². The molecule has 0 radical (unpaired) electrons. The maximum Gasteiger partial charge on any atom is 0.166 e. The topological polar surface area (TPSA) is 26.3 Å². The molecule has 17 heavy (non-hydrogen) atoms. The molecular formula is C14H19ClO2. The van der Waals surface area contributed by atoms with Crippen LogP contribution >= 0.6 is 11.6 Å². The molecule has 0 heterocycles. The van der Waals surface area contributed by atoms with Crippen LogP contribution in [0.4, 0.5) is 0 Å². The standard InChI is InChI=1S/C14H19ClO2/c1-4-10(5-2)8-13(16)12-7-6-11(15)9-14(12)17-3/h6-7,9-10H,4-5,8H2,1-3H3. The van der Waals surface area contributed by atoms with Crippen molar-refractivity contribution in [3.8, 4) is 5.75 Å². The molecule has 1 rings (SSSR count). The molecule has 0 saturated carbocycles. The van der Waals surface area contributed by atoms with Crippen LogP contribution in [0.25, 0.3) is 0 Å². The van der Waals surface area contributed by atoms with E-state index in [0.29, 0.717) is 28.7 Å². The molecule has 0 fully saturated rings. The van der Waals surface area contributed by atoms with Crippen LogP contribution in [0.15, 0.2) is 18.2 Å². The van der Waals surface area contributed by atoms with Gasteiger partial charge in [0, 0.05) is 11.4 Å². The van der Waals surface area contributed by atoms with Gasteiger partial charge in [0.15, 0.2) is 5.78 Å². The van der Waals surface area contributed by atoms with Gasteiger partial charge < -0.3 is 4.74 Å². The minimum Gasteiger partial charge on any atom is -0.496 e. The first-order chi connectivity index (χ1) is 8.12. The smallest absolute Gasteiger partial charge is 0.166 e. The van der Waals surface area contributed by atoms with Crippen LogP contribution in [-0.2, 0) is 0 Å². The SMILES string of the molecule is CCC(CC)CC(=O)c1ccc(Cl)cc1OC. The normalized spacial score (nSPS) is 10.6. The molecule has 0 atom stereocenters. The number of rotatable bonds is 6.